The zero-order valence-electron chi connectivity index (χ0n) is 17.6. The van der Waals surface area contributed by atoms with Crippen LogP contribution in [0.3, 0.4) is 0 Å². The van der Waals surface area contributed by atoms with Gasteiger partial charge in [-0.15, -0.1) is 0 Å². The number of fused-ring (bicyclic) bond motifs is 3. The summed E-state index contributed by atoms with van der Waals surface area (Å²) in [6.45, 7) is 1.93. The molecule has 2 N–H and O–H groups in total. The molecule has 2 fully saturated rings. The smallest absolute Gasteiger partial charge is 0.418 e. The summed E-state index contributed by atoms with van der Waals surface area (Å²) in [7, 11) is 1.49. The van der Waals surface area contributed by atoms with Crippen LogP contribution >= 0.6 is 11.6 Å². The number of aromatic nitrogens is 2. The van der Waals surface area contributed by atoms with Gasteiger partial charge in [-0.3, -0.25) is 0 Å². The number of alkyl halides is 3. The Bertz CT molecular complexity index is 1040. The lowest BCUT2D eigenvalue weighted by atomic mass is 9.93. The van der Waals surface area contributed by atoms with Crippen molar-refractivity contribution in [1.29, 1.82) is 0 Å². The number of rotatable bonds is 3. The van der Waals surface area contributed by atoms with Crippen molar-refractivity contribution in [2.75, 3.05) is 30.8 Å². The van der Waals surface area contributed by atoms with Crippen LogP contribution in [-0.4, -0.2) is 30.2 Å². The quantitative estimate of drug-likeness (QED) is 0.653. The molecule has 1 aliphatic carbocycles. The third kappa shape index (κ3) is 3.85. The number of anilines is 2. The van der Waals surface area contributed by atoms with E-state index in [1.165, 1.54) is 32.4 Å². The normalized spacial score (nSPS) is 25.0. The summed E-state index contributed by atoms with van der Waals surface area (Å²) in [6.07, 6.45) is -1.68. The fourth-order valence-electron chi connectivity index (χ4n) is 5.37. The Morgan fingerprint density at radius 1 is 1.19 bits per heavy atom. The topological polar surface area (TPSA) is 73.5 Å². The van der Waals surface area contributed by atoms with Gasteiger partial charge in [0.15, 0.2) is 0 Å². The van der Waals surface area contributed by atoms with Gasteiger partial charge in [-0.05, 0) is 48.8 Å². The zero-order valence-corrected chi connectivity index (χ0v) is 18.3. The molecule has 3 heterocycles. The Morgan fingerprint density at radius 3 is 2.56 bits per heavy atom. The van der Waals surface area contributed by atoms with E-state index >= 15 is 0 Å². The maximum atomic E-state index is 13.8. The molecule has 5 rings (SSSR count). The third-order valence-electron chi connectivity index (χ3n) is 6.72. The lowest BCUT2D eigenvalue weighted by molar-refractivity contribution is -0.139. The van der Waals surface area contributed by atoms with Gasteiger partial charge >= 0.3 is 12.2 Å². The molecule has 10 heteroatoms. The van der Waals surface area contributed by atoms with Crippen molar-refractivity contribution < 1.29 is 22.6 Å². The van der Waals surface area contributed by atoms with E-state index in [0.29, 0.717) is 17.5 Å². The van der Waals surface area contributed by atoms with Crippen molar-refractivity contribution in [3.05, 3.63) is 39.5 Å². The first-order valence-electron chi connectivity index (χ1n) is 10.7. The van der Waals surface area contributed by atoms with Gasteiger partial charge in [0, 0.05) is 30.8 Å². The predicted octanol–water partition coefficient (Wildman–Crippen LogP) is 4.79. The molecule has 6 nitrogen and oxygen atoms in total. The molecule has 2 bridgehead atoms. The average molecular weight is 469 g/mol. The molecule has 0 amide bonds. The van der Waals surface area contributed by atoms with Crippen molar-refractivity contribution in [3.63, 3.8) is 0 Å². The minimum Gasteiger partial charge on any atom is -0.467 e. The highest BCUT2D eigenvalue weighted by Crippen LogP contribution is 2.45. The first-order chi connectivity index (χ1) is 15.2. The maximum Gasteiger partial charge on any atom is 0.418 e. The molecule has 1 aromatic heterocycles. The minimum absolute atomic E-state index is 0.0803. The van der Waals surface area contributed by atoms with Crippen molar-refractivity contribution in [2.24, 2.45) is 11.8 Å². The van der Waals surface area contributed by atoms with E-state index in [-0.39, 0.29) is 30.3 Å². The van der Waals surface area contributed by atoms with Crippen LogP contribution in [-0.2, 0) is 23.9 Å². The lowest BCUT2D eigenvalue weighted by Crippen LogP contribution is -2.38. The molecule has 32 heavy (non-hydrogen) atoms. The van der Waals surface area contributed by atoms with Crippen molar-refractivity contribution in [2.45, 2.75) is 44.6 Å². The predicted molar refractivity (Wildman–Crippen MR) is 114 cm³/mol. The molecular formula is C22H24ClF3N4O2. The summed E-state index contributed by atoms with van der Waals surface area (Å²) in [5.41, 5.74) is 6.41. The van der Waals surface area contributed by atoms with E-state index in [2.05, 4.69) is 14.9 Å². The summed E-state index contributed by atoms with van der Waals surface area (Å²) in [5, 5.41) is -0.438. The highest BCUT2D eigenvalue weighted by atomic mass is 35.5. The summed E-state index contributed by atoms with van der Waals surface area (Å²) in [4.78, 5) is 11.3. The molecule has 0 spiro atoms. The van der Waals surface area contributed by atoms with E-state index in [0.717, 1.165) is 30.5 Å². The number of piperidine rings is 1. The van der Waals surface area contributed by atoms with E-state index in [1.54, 1.807) is 0 Å². The molecule has 2 aliphatic heterocycles. The van der Waals surface area contributed by atoms with Gasteiger partial charge in [-0.1, -0.05) is 11.6 Å². The van der Waals surface area contributed by atoms with Crippen LogP contribution in [0.25, 0.3) is 0 Å². The van der Waals surface area contributed by atoms with Gasteiger partial charge in [0.25, 0.3) is 0 Å². The highest BCUT2D eigenvalue weighted by molar-refractivity contribution is 6.31. The largest absolute Gasteiger partial charge is 0.467 e. The van der Waals surface area contributed by atoms with Crippen LogP contribution in [0.2, 0.25) is 5.02 Å². The molecule has 1 saturated carbocycles. The lowest BCUT2D eigenvalue weighted by Gasteiger charge is -2.36. The number of hydrogen-bond donors (Lipinski definition) is 1. The number of benzene rings is 1. The molecule has 3 unspecified atom stereocenters. The van der Waals surface area contributed by atoms with Crippen LogP contribution in [0.1, 0.15) is 47.8 Å². The van der Waals surface area contributed by atoms with Gasteiger partial charge in [0.1, 0.15) is 5.82 Å². The first-order valence-corrected chi connectivity index (χ1v) is 11.1. The van der Waals surface area contributed by atoms with Crippen LogP contribution in [0.5, 0.6) is 6.01 Å². The molecule has 3 aliphatic rings. The summed E-state index contributed by atoms with van der Waals surface area (Å²) in [5.74, 6) is 2.06. The molecule has 0 radical (unpaired) electrons. The van der Waals surface area contributed by atoms with Gasteiger partial charge in [-0.25, -0.2) is 0 Å². The van der Waals surface area contributed by atoms with E-state index < -0.39 is 22.9 Å². The molecule has 1 saturated heterocycles. The van der Waals surface area contributed by atoms with Crippen molar-refractivity contribution in [3.8, 4) is 6.01 Å². The van der Waals surface area contributed by atoms with Crippen LogP contribution in [0, 0.1) is 11.8 Å². The van der Waals surface area contributed by atoms with Crippen molar-refractivity contribution >= 4 is 23.1 Å². The van der Waals surface area contributed by atoms with Gasteiger partial charge < -0.3 is 20.1 Å². The maximum absolute atomic E-state index is 13.8. The number of hydrogen-bond acceptors (Lipinski definition) is 6. The van der Waals surface area contributed by atoms with Crippen LogP contribution in [0.15, 0.2) is 12.1 Å². The third-order valence-corrected chi connectivity index (χ3v) is 7.02. The summed E-state index contributed by atoms with van der Waals surface area (Å²) in [6, 6.07) is 2.60. The highest BCUT2D eigenvalue weighted by Gasteiger charge is 2.41. The number of methoxy groups -OCH3 is 1. The Morgan fingerprint density at radius 2 is 1.91 bits per heavy atom. The Labute approximate surface area is 188 Å². The van der Waals surface area contributed by atoms with Gasteiger partial charge in [0.2, 0.25) is 0 Å². The molecular weight excluding hydrogens is 445 g/mol. The Hall–Kier alpha value is -2.26. The standard InChI is InChI=1S/C22H24ClF3N4O2/c1-31-21-28-17-7-18(14-5-13(27)6-16(23)19(14)22(24,25)26)32-10-15(17)20(29-21)30-8-11-2-3-12(4-11)9-30/h5-6,11-12,18H,2-4,7-10,27H2,1H3. The molecule has 3 atom stereocenters. The van der Waals surface area contributed by atoms with Gasteiger partial charge in [-0.2, -0.15) is 23.1 Å². The Balaban J connectivity index is 1.52. The number of nitrogen functional groups attached to an aromatic ring is 1. The number of nitrogens with zero attached hydrogens (tertiary/aromatic N) is 3. The SMILES string of the molecule is COc1nc2c(c(N3CC4CCC(C4)C3)n1)COC(c1cc(N)cc(Cl)c1C(F)(F)F)C2. The van der Waals surface area contributed by atoms with E-state index in [1.807, 2.05) is 0 Å². The zero-order chi connectivity index (χ0) is 22.6. The number of ether oxygens (including phenoxy) is 2. The second-order valence-electron chi connectivity index (χ2n) is 8.88. The molecule has 2 aromatic rings. The fraction of sp³-hybridized carbons (Fsp3) is 0.545. The molecule has 1 aromatic carbocycles. The van der Waals surface area contributed by atoms with E-state index in [4.69, 9.17) is 26.8 Å². The number of halogens is 4. The monoisotopic (exact) mass is 468 g/mol. The van der Waals surface area contributed by atoms with E-state index in [9.17, 15) is 13.2 Å². The molecule has 172 valence electrons. The first kappa shape index (κ1) is 21.6. The van der Waals surface area contributed by atoms with Crippen molar-refractivity contribution in [1.82, 2.24) is 9.97 Å². The Kier molecular flexibility index (Phi) is 5.36. The summed E-state index contributed by atoms with van der Waals surface area (Å²) < 4.78 is 52.6. The second-order valence-corrected chi connectivity index (χ2v) is 9.28. The minimum atomic E-state index is -4.63. The van der Waals surface area contributed by atoms with Crippen LogP contribution in [0.4, 0.5) is 24.7 Å². The second kappa shape index (κ2) is 7.95. The van der Waals surface area contributed by atoms with Crippen LogP contribution < -0.4 is 15.4 Å². The summed E-state index contributed by atoms with van der Waals surface area (Å²) >= 11 is 5.94. The van der Waals surface area contributed by atoms with Gasteiger partial charge in [0.05, 0.1) is 36.1 Å². The fourth-order valence-corrected chi connectivity index (χ4v) is 5.71. The number of nitrogens with two attached hydrogens (primary N) is 1. The average Bonchev–Trinajstić information content (AvgIpc) is 3.08.